The highest BCUT2D eigenvalue weighted by atomic mass is 16.1. The summed E-state index contributed by atoms with van der Waals surface area (Å²) < 4.78 is 0. The molecule has 1 heterocycles. The molecule has 144 valence electrons. The number of aromatic nitrogens is 2. The Labute approximate surface area is 166 Å². The third-order valence-corrected chi connectivity index (χ3v) is 4.46. The molecule has 2 aromatic carbocycles. The lowest BCUT2D eigenvalue weighted by atomic mass is 9.86. The summed E-state index contributed by atoms with van der Waals surface area (Å²) in [6.45, 7) is 10.2. The molecule has 3 aromatic rings. The van der Waals surface area contributed by atoms with Gasteiger partial charge in [-0.1, -0.05) is 57.2 Å². The van der Waals surface area contributed by atoms with Crippen LogP contribution in [0.5, 0.6) is 0 Å². The number of hydrogen-bond donors (Lipinski definition) is 2. The summed E-state index contributed by atoms with van der Waals surface area (Å²) in [7, 11) is 0. The number of aryl methyl sites for hydroxylation is 2. The predicted molar refractivity (Wildman–Crippen MR) is 114 cm³/mol. The van der Waals surface area contributed by atoms with Gasteiger partial charge in [0.05, 0.1) is 0 Å². The first-order valence-corrected chi connectivity index (χ1v) is 9.33. The van der Waals surface area contributed by atoms with E-state index in [1.165, 1.54) is 0 Å². The fraction of sp³-hybridized carbons (Fsp3) is 0.261. The van der Waals surface area contributed by atoms with Crippen LogP contribution in [0.15, 0.2) is 54.6 Å². The van der Waals surface area contributed by atoms with E-state index in [0.29, 0.717) is 11.6 Å². The minimum absolute atomic E-state index is 0.0803. The molecule has 1 aromatic heterocycles. The van der Waals surface area contributed by atoms with Gasteiger partial charge in [-0.05, 0) is 48.6 Å². The van der Waals surface area contributed by atoms with Crippen LogP contribution >= 0.6 is 0 Å². The van der Waals surface area contributed by atoms with Crippen LogP contribution in [-0.2, 0) is 5.41 Å². The summed E-state index contributed by atoms with van der Waals surface area (Å²) in [5.74, 6) is 0.151. The third kappa shape index (κ3) is 4.55. The van der Waals surface area contributed by atoms with Gasteiger partial charge in [0.1, 0.15) is 5.69 Å². The molecule has 0 saturated carbocycles. The Kier molecular flexibility index (Phi) is 5.45. The molecule has 5 heteroatoms. The van der Waals surface area contributed by atoms with Crippen molar-refractivity contribution in [3.8, 4) is 0 Å². The number of amides is 1. The topological polar surface area (TPSA) is 66.9 Å². The Balaban J connectivity index is 1.87. The monoisotopic (exact) mass is 374 g/mol. The maximum Gasteiger partial charge on any atom is 0.274 e. The largest absolute Gasteiger partial charge is 0.324 e. The third-order valence-electron chi connectivity index (χ3n) is 4.46. The molecule has 28 heavy (non-hydrogen) atoms. The highest BCUT2D eigenvalue weighted by Crippen LogP contribution is 2.29. The van der Waals surface area contributed by atoms with Crippen molar-refractivity contribution in [1.29, 1.82) is 0 Å². The highest BCUT2D eigenvalue weighted by Gasteiger charge is 2.20. The molecule has 5 nitrogen and oxygen atoms in total. The van der Waals surface area contributed by atoms with Crippen molar-refractivity contribution in [3.63, 3.8) is 0 Å². The zero-order valence-electron chi connectivity index (χ0n) is 17.0. The van der Waals surface area contributed by atoms with Crippen LogP contribution in [0.4, 0.5) is 17.3 Å². The van der Waals surface area contributed by atoms with Crippen LogP contribution < -0.4 is 10.6 Å². The predicted octanol–water partition coefficient (Wildman–Crippen LogP) is 5.39. The van der Waals surface area contributed by atoms with Gasteiger partial charge in [-0.25, -0.2) is 9.97 Å². The first kappa shape index (κ1) is 19.5. The van der Waals surface area contributed by atoms with E-state index >= 15 is 0 Å². The molecule has 0 bridgehead atoms. The number of benzene rings is 2. The molecule has 2 N–H and O–H groups in total. The smallest absolute Gasteiger partial charge is 0.274 e. The molecule has 0 saturated heterocycles. The van der Waals surface area contributed by atoms with Crippen LogP contribution in [0.3, 0.4) is 0 Å². The van der Waals surface area contributed by atoms with Crippen LogP contribution in [-0.4, -0.2) is 15.9 Å². The maximum atomic E-state index is 12.9. The minimum atomic E-state index is -0.255. The minimum Gasteiger partial charge on any atom is -0.324 e. The van der Waals surface area contributed by atoms with Gasteiger partial charge in [0.2, 0.25) is 5.95 Å². The summed E-state index contributed by atoms with van der Waals surface area (Å²) in [6.07, 6.45) is 0. The second kappa shape index (κ2) is 7.80. The van der Waals surface area contributed by atoms with Crippen molar-refractivity contribution < 1.29 is 4.79 Å². The van der Waals surface area contributed by atoms with Crippen molar-refractivity contribution in [2.24, 2.45) is 0 Å². The molecule has 0 spiro atoms. The van der Waals surface area contributed by atoms with Gasteiger partial charge in [0.25, 0.3) is 5.91 Å². The molecule has 3 rings (SSSR count). The number of carbonyl (C=O) groups excluding carboxylic acids is 1. The lowest BCUT2D eigenvalue weighted by Crippen LogP contribution is -2.20. The van der Waals surface area contributed by atoms with Gasteiger partial charge in [-0.3, -0.25) is 4.79 Å². The van der Waals surface area contributed by atoms with Gasteiger partial charge in [0, 0.05) is 17.1 Å². The molecule has 0 radical (unpaired) electrons. The van der Waals surface area contributed by atoms with E-state index in [2.05, 4.69) is 41.4 Å². The Bertz CT molecular complexity index is 1010. The van der Waals surface area contributed by atoms with E-state index < -0.39 is 0 Å². The summed E-state index contributed by atoms with van der Waals surface area (Å²) in [6, 6.07) is 17.4. The SMILES string of the molecule is Cc1cc(C(=O)Nc2ccccc2C(C)(C)C)nc(Nc2ccccc2C)n1. The summed E-state index contributed by atoms with van der Waals surface area (Å²) in [5.41, 5.74) is 4.84. The van der Waals surface area contributed by atoms with Crippen LogP contribution in [0, 0.1) is 13.8 Å². The van der Waals surface area contributed by atoms with Crippen LogP contribution in [0.2, 0.25) is 0 Å². The van der Waals surface area contributed by atoms with E-state index in [4.69, 9.17) is 0 Å². The normalized spacial score (nSPS) is 11.2. The molecule has 0 aliphatic heterocycles. The average molecular weight is 374 g/mol. The molecular formula is C23H26N4O. The van der Waals surface area contributed by atoms with E-state index in [0.717, 1.165) is 28.2 Å². The second-order valence-corrected chi connectivity index (χ2v) is 7.91. The Morgan fingerprint density at radius 2 is 1.54 bits per heavy atom. The zero-order chi connectivity index (χ0) is 20.3. The van der Waals surface area contributed by atoms with Crippen molar-refractivity contribution in [2.75, 3.05) is 10.6 Å². The number of anilines is 3. The molecule has 1 amide bonds. The van der Waals surface area contributed by atoms with Crippen molar-refractivity contribution >= 4 is 23.2 Å². The molecule has 0 fully saturated rings. The number of para-hydroxylation sites is 2. The Morgan fingerprint density at radius 3 is 2.21 bits per heavy atom. The molecule has 0 unspecified atom stereocenters. The number of rotatable bonds is 4. The quantitative estimate of drug-likeness (QED) is 0.643. The van der Waals surface area contributed by atoms with E-state index in [1.54, 1.807) is 6.07 Å². The van der Waals surface area contributed by atoms with E-state index in [9.17, 15) is 4.79 Å². The number of carbonyl (C=O) groups is 1. The lowest BCUT2D eigenvalue weighted by Gasteiger charge is -2.23. The first-order chi connectivity index (χ1) is 13.2. The Morgan fingerprint density at radius 1 is 0.893 bits per heavy atom. The second-order valence-electron chi connectivity index (χ2n) is 7.91. The van der Waals surface area contributed by atoms with Crippen LogP contribution in [0.25, 0.3) is 0 Å². The van der Waals surface area contributed by atoms with Gasteiger partial charge in [0.15, 0.2) is 0 Å². The van der Waals surface area contributed by atoms with Crippen molar-refractivity contribution in [3.05, 3.63) is 77.1 Å². The standard InChI is InChI=1S/C23H26N4O/c1-15-10-6-8-12-18(15)26-22-24-16(2)14-20(27-22)21(28)25-19-13-9-7-11-17(19)23(3,4)5/h6-14H,1-5H3,(H,25,28)(H,24,26,27). The first-order valence-electron chi connectivity index (χ1n) is 9.33. The average Bonchev–Trinajstić information content (AvgIpc) is 2.63. The summed E-state index contributed by atoms with van der Waals surface area (Å²) >= 11 is 0. The zero-order valence-corrected chi connectivity index (χ0v) is 17.0. The molecule has 0 atom stereocenters. The number of nitrogens with zero attached hydrogens (tertiary/aromatic N) is 2. The van der Waals surface area contributed by atoms with Crippen molar-refractivity contribution in [1.82, 2.24) is 9.97 Å². The van der Waals surface area contributed by atoms with Crippen LogP contribution in [0.1, 0.15) is 48.1 Å². The molecular weight excluding hydrogens is 348 g/mol. The van der Waals surface area contributed by atoms with Gasteiger partial charge >= 0.3 is 0 Å². The summed E-state index contributed by atoms with van der Waals surface area (Å²) in [5, 5.41) is 6.21. The number of hydrogen-bond acceptors (Lipinski definition) is 4. The van der Waals surface area contributed by atoms with Gasteiger partial charge < -0.3 is 10.6 Å². The fourth-order valence-corrected chi connectivity index (χ4v) is 3.01. The Hall–Kier alpha value is -3.21. The molecule has 0 aliphatic rings. The number of nitrogens with one attached hydrogen (secondary N) is 2. The highest BCUT2D eigenvalue weighted by molar-refractivity contribution is 6.03. The van der Waals surface area contributed by atoms with E-state index in [1.807, 2.05) is 62.4 Å². The van der Waals surface area contributed by atoms with E-state index in [-0.39, 0.29) is 11.3 Å². The van der Waals surface area contributed by atoms with Crippen molar-refractivity contribution in [2.45, 2.75) is 40.0 Å². The maximum absolute atomic E-state index is 12.9. The van der Waals surface area contributed by atoms with Gasteiger partial charge in [-0.15, -0.1) is 0 Å². The lowest BCUT2D eigenvalue weighted by molar-refractivity contribution is 0.102. The fourth-order valence-electron chi connectivity index (χ4n) is 3.01. The molecule has 0 aliphatic carbocycles. The summed E-state index contributed by atoms with van der Waals surface area (Å²) in [4.78, 5) is 21.7. The van der Waals surface area contributed by atoms with Gasteiger partial charge in [-0.2, -0.15) is 0 Å².